The first-order valence-electron chi connectivity index (χ1n) is 7.64. The molecule has 4 aromatic rings. The lowest BCUT2D eigenvalue weighted by Crippen LogP contribution is -1.99. The van der Waals surface area contributed by atoms with Gasteiger partial charge in [0.15, 0.2) is 0 Å². The van der Waals surface area contributed by atoms with Gasteiger partial charge in [0.05, 0.1) is 11.0 Å². The molecule has 0 aliphatic heterocycles. The van der Waals surface area contributed by atoms with E-state index in [1.165, 1.54) is 6.07 Å². The van der Waals surface area contributed by atoms with Gasteiger partial charge in [-0.3, -0.25) is 4.57 Å². The molecular weight excluding hydrogens is 301 g/mol. The molecule has 24 heavy (non-hydrogen) atoms. The minimum absolute atomic E-state index is 0.255. The van der Waals surface area contributed by atoms with E-state index in [1.807, 2.05) is 59.2 Å². The molecule has 0 spiro atoms. The lowest BCUT2D eigenvalue weighted by Gasteiger charge is -2.05. The van der Waals surface area contributed by atoms with Crippen LogP contribution in [-0.2, 0) is 0 Å². The fourth-order valence-electron chi connectivity index (χ4n) is 2.66. The maximum atomic E-state index is 13.8. The van der Waals surface area contributed by atoms with Gasteiger partial charge in [-0.25, -0.2) is 14.4 Å². The Morgan fingerprint density at radius 2 is 1.62 bits per heavy atom. The SMILES string of the molecule is Fc1ccccc1/C=C/c1nc2ccccc2n1-c1ccccn1. The Balaban J connectivity index is 1.88. The highest BCUT2D eigenvalue weighted by atomic mass is 19.1. The van der Waals surface area contributed by atoms with E-state index in [0.717, 1.165) is 16.9 Å². The minimum atomic E-state index is -0.255. The number of rotatable bonds is 3. The van der Waals surface area contributed by atoms with Gasteiger partial charge in [-0.15, -0.1) is 0 Å². The normalized spacial score (nSPS) is 11.4. The summed E-state index contributed by atoms with van der Waals surface area (Å²) in [5.74, 6) is 1.23. The fourth-order valence-corrected chi connectivity index (χ4v) is 2.66. The molecule has 0 aliphatic carbocycles. The van der Waals surface area contributed by atoms with E-state index >= 15 is 0 Å². The van der Waals surface area contributed by atoms with Crippen molar-refractivity contribution in [2.75, 3.05) is 0 Å². The highest BCUT2D eigenvalue weighted by Gasteiger charge is 2.10. The summed E-state index contributed by atoms with van der Waals surface area (Å²) in [4.78, 5) is 9.07. The van der Waals surface area contributed by atoms with E-state index < -0.39 is 0 Å². The van der Waals surface area contributed by atoms with E-state index in [2.05, 4.69) is 9.97 Å². The molecule has 0 saturated heterocycles. The summed E-state index contributed by atoms with van der Waals surface area (Å²) in [5, 5.41) is 0. The van der Waals surface area contributed by atoms with Crippen molar-refractivity contribution < 1.29 is 4.39 Å². The van der Waals surface area contributed by atoms with Crippen molar-refractivity contribution in [3.63, 3.8) is 0 Å². The average molecular weight is 315 g/mol. The summed E-state index contributed by atoms with van der Waals surface area (Å²) in [7, 11) is 0. The van der Waals surface area contributed by atoms with Crippen LogP contribution in [0.1, 0.15) is 11.4 Å². The topological polar surface area (TPSA) is 30.7 Å². The minimum Gasteiger partial charge on any atom is -0.277 e. The molecule has 0 unspecified atom stereocenters. The van der Waals surface area contributed by atoms with Gasteiger partial charge < -0.3 is 0 Å². The zero-order valence-electron chi connectivity index (χ0n) is 12.8. The number of benzene rings is 2. The van der Waals surface area contributed by atoms with Crippen LogP contribution in [0.15, 0.2) is 72.9 Å². The van der Waals surface area contributed by atoms with Crippen molar-refractivity contribution in [3.05, 3.63) is 90.1 Å². The average Bonchev–Trinajstić information content (AvgIpc) is 3.00. The van der Waals surface area contributed by atoms with Crippen molar-refractivity contribution in [2.24, 2.45) is 0 Å². The summed E-state index contributed by atoms with van der Waals surface area (Å²) >= 11 is 0. The fraction of sp³-hybridized carbons (Fsp3) is 0. The van der Waals surface area contributed by atoms with E-state index in [9.17, 15) is 4.39 Å². The van der Waals surface area contributed by atoms with Crippen LogP contribution in [0.3, 0.4) is 0 Å². The lowest BCUT2D eigenvalue weighted by atomic mass is 10.2. The predicted octanol–water partition coefficient (Wildman–Crippen LogP) is 4.73. The van der Waals surface area contributed by atoms with Crippen molar-refractivity contribution >= 4 is 23.2 Å². The summed E-state index contributed by atoms with van der Waals surface area (Å²) in [5.41, 5.74) is 2.36. The van der Waals surface area contributed by atoms with Crippen molar-refractivity contribution in [1.82, 2.24) is 14.5 Å². The smallest absolute Gasteiger partial charge is 0.139 e. The first-order valence-corrected chi connectivity index (χ1v) is 7.64. The lowest BCUT2D eigenvalue weighted by molar-refractivity contribution is 0.625. The van der Waals surface area contributed by atoms with Crippen LogP contribution in [0.4, 0.5) is 4.39 Å². The van der Waals surface area contributed by atoms with Gasteiger partial charge in [0.25, 0.3) is 0 Å². The molecule has 0 N–H and O–H groups in total. The predicted molar refractivity (Wildman–Crippen MR) is 94.2 cm³/mol. The number of pyridine rings is 1. The number of hydrogen-bond donors (Lipinski definition) is 0. The first kappa shape index (κ1) is 14.3. The van der Waals surface area contributed by atoms with Gasteiger partial charge in [0.2, 0.25) is 0 Å². The number of fused-ring (bicyclic) bond motifs is 1. The molecule has 0 fully saturated rings. The number of para-hydroxylation sites is 2. The van der Waals surface area contributed by atoms with Crippen LogP contribution in [0.2, 0.25) is 0 Å². The monoisotopic (exact) mass is 315 g/mol. The zero-order chi connectivity index (χ0) is 16.4. The highest BCUT2D eigenvalue weighted by molar-refractivity contribution is 5.81. The quantitative estimate of drug-likeness (QED) is 0.547. The van der Waals surface area contributed by atoms with Crippen LogP contribution in [-0.4, -0.2) is 14.5 Å². The molecule has 116 valence electrons. The maximum Gasteiger partial charge on any atom is 0.139 e. The van der Waals surface area contributed by atoms with Crippen molar-refractivity contribution in [2.45, 2.75) is 0 Å². The molecule has 3 nitrogen and oxygen atoms in total. The Morgan fingerprint density at radius 3 is 2.46 bits per heavy atom. The molecular formula is C20H14FN3. The largest absolute Gasteiger partial charge is 0.277 e. The number of aromatic nitrogens is 3. The van der Waals surface area contributed by atoms with E-state index in [-0.39, 0.29) is 5.82 Å². The molecule has 0 atom stereocenters. The number of imidazole rings is 1. The molecule has 0 radical (unpaired) electrons. The Kier molecular flexibility index (Phi) is 3.63. The summed E-state index contributed by atoms with van der Waals surface area (Å²) in [6, 6.07) is 20.3. The zero-order valence-corrected chi connectivity index (χ0v) is 12.8. The Bertz CT molecular complexity index is 1020. The third-order valence-corrected chi connectivity index (χ3v) is 3.78. The summed E-state index contributed by atoms with van der Waals surface area (Å²) < 4.78 is 15.8. The van der Waals surface area contributed by atoms with Crippen LogP contribution in [0, 0.1) is 5.82 Å². The number of halogens is 1. The van der Waals surface area contributed by atoms with E-state index in [0.29, 0.717) is 11.4 Å². The van der Waals surface area contributed by atoms with Gasteiger partial charge in [0, 0.05) is 11.8 Å². The van der Waals surface area contributed by atoms with Gasteiger partial charge in [-0.1, -0.05) is 36.4 Å². The van der Waals surface area contributed by atoms with E-state index in [4.69, 9.17) is 0 Å². The summed E-state index contributed by atoms with van der Waals surface area (Å²) in [6.45, 7) is 0. The Hall–Kier alpha value is -3.27. The van der Waals surface area contributed by atoms with Gasteiger partial charge in [0.1, 0.15) is 17.5 Å². The molecule has 0 amide bonds. The Labute approximate surface area is 138 Å². The van der Waals surface area contributed by atoms with Crippen LogP contribution in [0.25, 0.3) is 29.0 Å². The molecule has 4 rings (SSSR count). The number of hydrogen-bond acceptors (Lipinski definition) is 2. The Morgan fingerprint density at radius 1 is 0.833 bits per heavy atom. The number of nitrogens with zero attached hydrogens (tertiary/aromatic N) is 3. The van der Waals surface area contributed by atoms with Gasteiger partial charge in [-0.2, -0.15) is 0 Å². The first-order chi connectivity index (χ1) is 11.8. The molecule has 0 aliphatic rings. The molecule has 2 heterocycles. The molecule has 2 aromatic heterocycles. The van der Waals surface area contributed by atoms with Crippen LogP contribution < -0.4 is 0 Å². The second kappa shape index (κ2) is 6.08. The van der Waals surface area contributed by atoms with Crippen molar-refractivity contribution in [1.29, 1.82) is 0 Å². The van der Waals surface area contributed by atoms with Gasteiger partial charge in [-0.05, 0) is 42.5 Å². The van der Waals surface area contributed by atoms with Crippen LogP contribution >= 0.6 is 0 Å². The second-order valence-corrected chi connectivity index (χ2v) is 5.34. The second-order valence-electron chi connectivity index (χ2n) is 5.34. The van der Waals surface area contributed by atoms with Gasteiger partial charge >= 0.3 is 0 Å². The third kappa shape index (κ3) is 2.58. The van der Waals surface area contributed by atoms with E-state index in [1.54, 1.807) is 24.4 Å². The maximum absolute atomic E-state index is 13.8. The molecule has 0 saturated carbocycles. The molecule has 0 bridgehead atoms. The third-order valence-electron chi connectivity index (χ3n) is 3.78. The summed E-state index contributed by atoms with van der Waals surface area (Å²) in [6.07, 6.45) is 5.29. The van der Waals surface area contributed by atoms with Crippen molar-refractivity contribution in [3.8, 4) is 5.82 Å². The molecule has 2 aromatic carbocycles. The van der Waals surface area contributed by atoms with Crippen LogP contribution in [0.5, 0.6) is 0 Å². The highest BCUT2D eigenvalue weighted by Crippen LogP contribution is 2.22. The standard InChI is InChI=1S/C20H14FN3/c21-16-8-2-1-7-15(16)12-13-20-23-17-9-3-4-10-18(17)24(20)19-11-5-6-14-22-19/h1-14H/b13-12+. The molecule has 4 heteroatoms.